The lowest BCUT2D eigenvalue weighted by Crippen LogP contribution is -2.51. The van der Waals surface area contributed by atoms with Gasteiger partial charge in [-0.2, -0.15) is 9.61 Å². The van der Waals surface area contributed by atoms with Crippen molar-refractivity contribution in [1.29, 1.82) is 0 Å². The Labute approximate surface area is 225 Å². The Morgan fingerprint density at radius 1 is 1.15 bits per heavy atom. The molecule has 3 aliphatic heterocycles. The minimum atomic E-state index is -3.87. The predicted molar refractivity (Wildman–Crippen MR) is 141 cm³/mol. The second-order valence-corrected chi connectivity index (χ2v) is 12.0. The number of rotatable bonds is 1. The number of aromatic nitrogens is 3. The summed E-state index contributed by atoms with van der Waals surface area (Å²) in [6, 6.07) is 6.84. The molecule has 1 atom stereocenters. The fraction of sp³-hybridized carbons (Fsp3) is 0.480. The number of aliphatic hydroxyl groups excluding tert-OH is 1. The number of aliphatic hydroxyl groups is 1. The number of likely N-dealkylation sites (N-methyl/N-ethyl adjacent to an activating group) is 1. The van der Waals surface area contributed by atoms with Crippen LogP contribution in [0.15, 0.2) is 30.3 Å². The molecule has 12 nitrogen and oxygen atoms in total. The quantitative estimate of drug-likeness (QED) is 0.450. The first kappa shape index (κ1) is 25.8. The van der Waals surface area contributed by atoms with E-state index in [-0.39, 0.29) is 23.9 Å². The number of carbonyl (C=O) groups excluding carboxylic acids is 1. The Morgan fingerprint density at radius 2 is 1.97 bits per heavy atom. The molecular weight excluding hydrogens is 529 g/mol. The lowest BCUT2D eigenvalue weighted by Gasteiger charge is -2.37. The lowest BCUT2D eigenvalue weighted by atomic mass is 9.98. The molecule has 2 aromatic heterocycles. The zero-order valence-electron chi connectivity index (χ0n) is 21.5. The molecule has 1 aromatic carbocycles. The number of benzene rings is 1. The average molecular weight is 560 g/mol. The summed E-state index contributed by atoms with van der Waals surface area (Å²) in [5.74, 6) is -0.430. The van der Waals surface area contributed by atoms with Gasteiger partial charge in [-0.1, -0.05) is 0 Å². The minimum Gasteiger partial charge on any atom is -0.475 e. The zero-order chi connectivity index (χ0) is 27.3. The number of piperidine rings is 1. The van der Waals surface area contributed by atoms with E-state index in [0.717, 1.165) is 25.0 Å². The van der Waals surface area contributed by atoms with Crippen LogP contribution in [-0.4, -0.2) is 90.7 Å². The number of fused-ring (bicyclic) bond motifs is 4. The normalized spacial score (nSPS) is 22.4. The van der Waals surface area contributed by atoms with Crippen molar-refractivity contribution < 1.29 is 27.4 Å². The summed E-state index contributed by atoms with van der Waals surface area (Å²) in [5, 5.41) is 14.7. The van der Waals surface area contributed by atoms with Crippen molar-refractivity contribution in [3.63, 3.8) is 0 Å². The summed E-state index contributed by atoms with van der Waals surface area (Å²) >= 11 is 0. The van der Waals surface area contributed by atoms with Gasteiger partial charge >= 0.3 is 0 Å². The summed E-state index contributed by atoms with van der Waals surface area (Å²) in [6.07, 6.45) is 1.91. The van der Waals surface area contributed by atoms with E-state index in [1.165, 1.54) is 6.07 Å². The van der Waals surface area contributed by atoms with Crippen LogP contribution in [0.1, 0.15) is 41.4 Å². The van der Waals surface area contributed by atoms with Gasteiger partial charge in [0.15, 0.2) is 5.65 Å². The number of β-amino-alcohol motifs (C(OH)–C–C–N with tert-alkyl or cyclic N) is 1. The largest absolute Gasteiger partial charge is 0.475 e. The van der Waals surface area contributed by atoms with Gasteiger partial charge in [0.25, 0.3) is 5.91 Å². The molecule has 208 valence electrons. The highest BCUT2D eigenvalue weighted by Gasteiger charge is 2.34. The highest BCUT2D eigenvalue weighted by molar-refractivity contribution is 7.89. The van der Waals surface area contributed by atoms with Crippen LogP contribution in [0.25, 0.3) is 5.65 Å². The number of hydrogen-bond donors (Lipinski definition) is 2. The smallest absolute Gasteiger partial charge is 0.258 e. The molecule has 0 aliphatic carbocycles. The summed E-state index contributed by atoms with van der Waals surface area (Å²) in [4.78, 5) is 24.1. The molecule has 3 aliphatic rings. The molecule has 0 spiro atoms. The topological polar surface area (TPSA) is 133 Å². The average Bonchev–Trinajstić information content (AvgIpc) is 3.33. The third kappa shape index (κ3) is 4.99. The van der Waals surface area contributed by atoms with Gasteiger partial charge in [-0.3, -0.25) is 4.79 Å². The van der Waals surface area contributed by atoms with Gasteiger partial charge in [-0.15, -0.1) is 0 Å². The maximum Gasteiger partial charge on any atom is 0.258 e. The first-order valence-electron chi connectivity index (χ1n) is 12.9. The van der Waals surface area contributed by atoms with Crippen LogP contribution < -0.4 is 19.3 Å². The third-order valence-electron chi connectivity index (χ3n) is 7.41. The molecule has 14 heteroatoms. The van der Waals surface area contributed by atoms with Crippen LogP contribution in [0.3, 0.4) is 0 Å². The standard InChI is InChI=1S/C25H30FN7O5S/c1-30-9-7-27-39(36,37)15-38-21-6-5-16(26)10-18(21)25(35)32-8-3-2-4-20(32)19-11-23-28-22(31-13-17(34)14-31)12-24(30)33(23)29-19/h5-6,10-12,17,20,27,34H,2-4,7-9,13-15H2,1H3/t20-/m0/s1. The molecule has 39 heavy (non-hydrogen) atoms. The Balaban J connectivity index is 1.47. The van der Waals surface area contributed by atoms with E-state index in [1.807, 2.05) is 29.0 Å². The van der Waals surface area contributed by atoms with Crippen LogP contribution in [0.5, 0.6) is 5.75 Å². The molecule has 6 rings (SSSR count). The maximum atomic E-state index is 14.3. The molecule has 0 radical (unpaired) electrons. The molecule has 0 saturated carbocycles. The van der Waals surface area contributed by atoms with Crippen molar-refractivity contribution in [1.82, 2.24) is 24.2 Å². The van der Waals surface area contributed by atoms with E-state index >= 15 is 0 Å². The molecule has 2 N–H and O–H groups in total. The van der Waals surface area contributed by atoms with Crippen molar-refractivity contribution in [3.05, 3.63) is 47.4 Å². The molecule has 3 aromatic rings. The second kappa shape index (κ2) is 9.92. The lowest BCUT2D eigenvalue weighted by molar-refractivity contribution is 0.0601. The molecule has 2 bridgehead atoms. The number of sulfonamides is 1. The van der Waals surface area contributed by atoms with Crippen molar-refractivity contribution in [3.8, 4) is 5.75 Å². The maximum absolute atomic E-state index is 14.3. The van der Waals surface area contributed by atoms with Gasteiger partial charge in [0.05, 0.1) is 23.4 Å². The Morgan fingerprint density at radius 3 is 2.77 bits per heavy atom. The van der Waals surface area contributed by atoms with E-state index in [9.17, 15) is 22.7 Å². The zero-order valence-corrected chi connectivity index (χ0v) is 22.3. The number of nitrogens with one attached hydrogen (secondary N) is 1. The molecule has 1 amide bonds. The van der Waals surface area contributed by atoms with Crippen LogP contribution in [0.4, 0.5) is 16.0 Å². The summed E-state index contributed by atoms with van der Waals surface area (Å²) < 4.78 is 49.4. The van der Waals surface area contributed by atoms with Crippen molar-refractivity contribution in [2.75, 3.05) is 55.5 Å². The summed E-state index contributed by atoms with van der Waals surface area (Å²) in [6.45, 7) is 1.78. The van der Waals surface area contributed by atoms with Gasteiger partial charge in [-0.05, 0) is 37.5 Å². The summed E-state index contributed by atoms with van der Waals surface area (Å²) in [5.41, 5.74) is 1.20. The van der Waals surface area contributed by atoms with Crippen LogP contribution >= 0.6 is 0 Å². The highest BCUT2D eigenvalue weighted by Crippen LogP contribution is 2.35. The number of nitrogens with zero attached hydrogens (tertiary/aromatic N) is 6. The van der Waals surface area contributed by atoms with Gasteiger partial charge in [0.1, 0.15) is 23.2 Å². The summed E-state index contributed by atoms with van der Waals surface area (Å²) in [7, 11) is -2.04. The number of amides is 1. The molecule has 2 saturated heterocycles. The fourth-order valence-corrected chi connectivity index (χ4v) is 6.07. The van der Waals surface area contributed by atoms with Gasteiger partial charge in [0, 0.05) is 51.9 Å². The van der Waals surface area contributed by atoms with Crippen LogP contribution in [-0.2, 0) is 10.0 Å². The molecule has 0 unspecified atom stereocenters. The number of anilines is 2. The second-order valence-electron chi connectivity index (χ2n) is 10.2. The van der Waals surface area contributed by atoms with Crippen molar-refractivity contribution in [2.45, 2.75) is 31.4 Å². The van der Waals surface area contributed by atoms with Crippen molar-refractivity contribution >= 4 is 33.2 Å². The monoisotopic (exact) mass is 559 g/mol. The number of hydrogen-bond acceptors (Lipinski definition) is 9. The Hall–Kier alpha value is -3.49. The van der Waals surface area contributed by atoms with Crippen molar-refractivity contribution in [2.24, 2.45) is 0 Å². The van der Waals surface area contributed by atoms with Gasteiger partial charge < -0.3 is 24.5 Å². The number of ether oxygens (including phenoxy) is 1. The Kier molecular flexibility index (Phi) is 6.55. The van der Waals surface area contributed by atoms with Crippen LogP contribution in [0.2, 0.25) is 0 Å². The predicted octanol–water partition coefficient (Wildman–Crippen LogP) is 1.12. The third-order valence-corrected chi connectivity index (χ3v) is 8.48. The number of carbonyl (C=O) groups is 1. The van der Waals surface area contributed by atoms with Gasteiger partial charge in [0.2, 0.25) is 16.0 Å². The van der Waals surface area contributed by atoms with E-state index in [4.69, 9.17) is 14.8 Å². The first-order chi connectivity index (χ1) is 18.7. The van der Waals surface area contributed by atoms with E-state index in [2.05, 4.69) is 4.72 Å². The van der Waals surface area contributed by atoms with Crippen LogP contribution in [0, 0.1) is 5.82 Å². The van der Waals surface area contributed by atoms with Gasteiger partial charge in [-0.25, -0.2) is 22.5 Å². The molecular formula is C25H30FN7O5S. The number of halogens is 1. The highest BCUT2D eigenvalue weighted by atomic mass is 32.2. The SMILES string of the molecule is CN1CCNS(=O)(=O)COc2ccc(F)cc2C(=O)N2CCCC[C@H]2c2cc3nc(N4CC(O)C4)cc1n3n2. The van der Waals surface area contributed by atoms with E-state index in [0.29, 0.717) is 55.6 Å². The fourth-order valence-electron chi connectivity index (χ4n) is 5.30. The molecule has 2 fully saturated rings. The molecule has 5 heterocycles. The Bertz CT molecular complexity index is 1520. The van der Waals surface area contributed by atoms with E-state index in [1.54, 1.807) is 9.42 Å². The first-order valence-corrected chi connectivity index (χ1v) is 14.6. The minimum absolute atomic E-state index is 0.000595. The van der Waals surface area contributed by atoms with E-state index < -0.39 is 33.8 Å².